The number of benzene rings is 1. The Balaban J connectivity index is 2.23. The summed E-state index contributed by atoms with van der Waals surface area (Å²) in [4.78, 5) is 16.1. The lowest BCUT2D eigenvalue weighted by Gasteiger charge is -2.28. The minimum atomic E-state index is -0.0310. The molecule has 0 aromatic heterocycles. The van der Waals surface area contributed by atoms with Crippen LogP contribution < -0.4 is 10.2 Å². The number of carbonyl (C=O) groups is 1. The van der Waals surface area contributed by atoms with E-state index in [1.54, 1.807) is 7.05 Å². The fraction of sp³-hybridized carbons (Fsp3) is 0.462. The van der Waals surface area contributed by atoms with E-state index in [1.807, 2.05) is 35.2 Å². The Bertz CT molecular complexity index is 380. The Labute approximate surface area is 102 Å². The average Bonchev–Trinajstić information content (AvgIpc) is 2.77. The second-order valence-electron chi connectivity index (χ2n) is 4.47. The lowest BCUT2D eigenvalue weighted by Crippen LogP contribution is -2.46. The number of hydrogen-bond acceptors (Lipinski definition) is 2. The van der Waals surface area contributed by atoms with Crippen LogP contribution in [0.4, 0.5) is 10.5 Å². The van der Waals surface area contributed by atoms with Gasteiger partial charge in [-0.15, -0.1) is 0 Å². The molecule has 0 saturated carbocycles. The van der Waals surface area contributed by atoms with Crippen LogP contribution in [-0.2, 0) is 0 Å². The number of carbonyl (C=O) groups excluding carboxylic acids is 1. The summed E-state index contributed by atoms with van der Waals surface area (Å²) in [6.07, 6.45) is 1.03. The van der Waals surface area contributed by atoms with Gasteiger partial charge in [-0.05, 0) is 32.1 Å². The van der Waals surface area contributed by atoms with Crippen molar-refractivity contribution in [2.75, 3.05) is 32.1 Å². The lowest BCUT2D eigenvalue weighted by molar-refractivity contribution is 0.246. The molecule has 0 spiro atoms. The van der Waals surface area contributed by atoms with E-state index in [0.29, 0.717) is 0 Å². The second-order valence-corrected chi connectivity index (χ2v) is 4.47. The summed E-state index contributed by atoms with van der Waals surface area (Å²) >= 11 is 0. The third-order valence-corrected chi connectivity index (χ3v) is 3.20. The predicted octanol–water partition coefficient (Wildman–Crippen LogP) is 1.54. The molecule has 1 saturated heterocycles. The predicted molar refractivity (Wildman–Crippen MR) is 69.3 cm³/mol. The number of para-hydroxylation sites is 1. The van der Waals surface area contributed by atoms with Crippen LogP contribution in [0.25, 0.3) is 0 Å². The van der Waals surface area contributed by atoms with E-state index in [1.165, 1.54) is 0 Å². The maximum Gasteiger partial charge on any atom is 0.321 e. The Kier molecular flexibility index (Phi) is 3.64. The van der Waals surface area contributed by atoms with Gasteiger partial charge < -0.3 is 10.2 Å². The van der Waals surface area contributed by atoms with Crippen molar-refractivity contribution < 1.29 is 4.79 Å². The number of nitrogens with one attached hydrogen (secondary N) is 1. The first-order chi connectivity index (χ1) is 8.22. The Morgan fingerprint density at radius 2 is 2.12 bits per heavy atom. The molecule has 2 rings (SSSR count). The number of nitrogens with zero attached hydrogens (tertiary/aromatic N) is 2. The summed E-state index contributed by atoms with van der Waals surface area (Å²) < 4.78 is 0. The molecule has 0 aliphatic carbocycles. The number of likely N-dealkylation sites (N-methyl/N-ethyl adjacent to an activating group) is 1. The molecular formula is C13H19N3O. The lowest BCUT2D eigenvalue weighted by atomic mass is 10.2. The highest BCUT2D eigenvalue weighted by Crippen LogP contribution is 2.22. The molecule has 92 valence electrons. The summed E-state index contributed by atoms with van der Waals surface area (Å²) in [6, 6.07) is 10.1. The summed E-state index contributed by atoms with van der Waals surface area (Å²) in [5, 5.41) is 2.72. The van der Waals surface area contributed by atoms with E-state index in [2.05, 4.69) is 17.3 Å². The highest BCUT2D eigenvalue weighted by atomic mass is 16.2. The van der Waals surface area contributed by atoms with Crippen LogP contribution in [0.1, 0.15) is 6.42 Å². The molecule has 1 aliphatic rings. The van der Waals surface area contributed by atoms with Crippen LogP contribution in [0.5, 0.6) is 0 Å². The van der Waals surface area contributed by atoms with Crippen molar-refractivity contribution in [1.82, 2.24) is 10.2 Å². The van der Waals surface area contributed by atoms with Gasteiger partial charge in [0.05, 0.1) is 6.04 Å². The minimum Gasteiger partial charge on any atom is -0.341 e. The number of likely N-dealkylation sites (tertiary alicyclic amines) is 1. The Morgan fingerprint density at radius 3 is 2.65 bits per heavy atom. The zero-order valence-corrected chi connectivity index (χ0v) is 10.4. The Morgan fingerprint density at radius 1 is 1.41 bits per heavy atom. The van der Waals surface area contributed by atoms with Crippen molar-refractivity contribution in [3.05, 3.63) is 30.3 Å². The molecule has 1 heterocycles. The van der Waals surface area contributed by atoms with E-state index in [0.717, 1.165) is 25.2 Å². The number of urea groups is 1. The first-order valence-corrected chi connectivity index (χ1v) is 5.97. The van der Waals surface area contributed by atoms with Crippen molar-refractivity contribution in [2.45, 2.75) is 12.5 Å². The van der Waals surface area contributed by atoms with E-state index in [-0.39, 0.29) is 12.1 Å². The summed E-state index contributed by atoms with van der Waals surface area (Å²) in [5.41, 5.74) is 0.965. The van der Waals surface area contributed by atoms with Gasteiger partial charge in [-0.1, -0.05) is 18.2 Å². The van der Waals surface area contributed by atoms with E-state index in [4.69, 9.17) is 0 Å². The van der Waals surface area contributed by atoms with Crippen LogP contribution in [0.2, 0.25) is 0 Å². The van der Waals surface area contributed by atoms with Gasteiger partial charge in [0, 0.05) is 19.3 Å². The van der Waals surface area contributed by atoms with Crippen molar-refractivity contribution in [3.63, 3.8) is 0 Å². The Hall–Kier alpha value is -1.55. The fourth-order valence-corrected chi connectivity index (χ4v) is 2.33. The van der Waals surface area contributed by atoms with Gasteiger partial charge in [0.2, 0.25) is 0 Å². The molecule has 2 amide bonds. The molecule has 1 fully saturated rings. The summed E-state index contributed by atoms with van der Waals surface area (Å²) in [5.74, 6) is 0. The molecule has 4 nitrogen and oxygen atoms in total. The molecule has 1 aliphatic heterocycles. The minimum absolute atomic E-state index is 0.0310. The number of anilines is 1. The quantitative estimate of drug-likeness (QED) is 0.841. The molecule has 1 unspecified atom stereocenters. The average molecular weight is 233 g/mol. The normalized spacial score (nSPS) is 20.2. The molecule has 1 aromatic carbocycles. The van der Waals surface area contributed by atoms with Crippen LogP contribution in [-0.4, -0.2) is 44.2 Å². The van der Waals surface area contributed by atoms with E-state index < -0.39 is 0 Å². The highest BCUT2D eigenvalue weighted by molar-refractivity contribution is 5.92. The zero-order chi connectivity index (χ0) is 12.3. The summed E-state index contributed by atoms with van der Waals surface area (Å²) in [7, 11) is 3.77. The second kappa shape index (κ2) is 5.19. The molecule has 0 bridgehead atoms. The molecule has 1 N–H and O–H groups in total. The van der Waals surface area contributed by atoms with Gasteiger partial charge in [0.15, 0.2) is 0 Å². The summed E-state index contributed by atoms with van der Waals surface area (Å²) in [6.45, 7) is 1.98. The smallest absolute Gasteiger partial charge is 0.321 e. The maximum absolute atomic E-state index is 12.0. The van der Waals surface area contributed by atoms with Gasteiger partial charge in [0.25, 0.3) is 0 Å². The zero-order valence-electron chi connectivity index (χ0n) is 10.4. The fourth-order valence-electron chi connectivity index (χ4n) is 2.33. The number of hydrogen-bond donors (Lipinski definition) is 1. The van der Waals surface area contributed by atoms with Crippen molar-refractivity contribution >= 4 is 11.7 Å². The third kappa shape index (κ3) is 2.58. The van der Waals surface area contributed by atoms with Gasteiger partial charge in [-0.3, -0.25) is 4.90 Å². The SMILES string of the molecule is CNC(=O)N(c1ccccc1)C1CCN(C)C1. The van der Waals surface area contributed by atoms with Gasteiger partial charge in [-0.25, -0.2) is 4.79 Å². The van der Waals surface area contributed by atoms with Gasteiger partial charge >= 0.3 is 6.03 Å². The van der Waals surface area contributed by atoms with Crippen molar-refractivity contribution in [2.24, 2.45) is 0 Å². The number of amides is 2. The molecule has 1 atom stereocenters. The van der Waals surface area contributed by atoms with E-state index >= 15 is 0 Å². The largest absolute Gasteiger partial charge is 0.341 e. The molecule has 4 heteroatoms. The first kappa shape index (κ1) is 11.9. The van der Waals surface area contributed by atoms with Crippen LogP contribution >= 0.6 is 0 Å². The van der Waals surface area contributed by atoms with Crippen LogP contribution in [0.15, 0.2) is 30.3 Å². The van der Waals surface area contributed by atoms with Crippen molar-refractivity contribution in [1.29, 1.82) is 0 Å². The number of rotatable bonds is 2. The molecule has 1 aromatic rings. The molecule has 0 radical (unpaired) electrons. The topological polar surface area (TPSA) is 35.6 Å². The monoisotopic (exact) mass is 233 g/mol. The van der Waals surface area contributed by atoms with Crippen molar-refractivity contribution in [3.8, 4) is 0 Å². The first-order valence-electron chi connectivity index (χ1n) is 5.97. The molecule has 17 heavy (non-hydrogen) atoms. The van der Waals surface area contributed by atoms with Crippen LogP contribution in [0, 0.1) is 0 Å². The third-order valence-electron chi connectivity index (χ3n) is 3.20. The highest BCUT2D eigenvalue weighted by Gasteiger charge is 2.29. The van der Waals surface area contributed by atoms with Gasteiger partial charge in [0.1, 0.15) is 0 Å². The standard InChI is InChI=1S/C13H19N3O/c1-14-13(17)16(11-6-4-3-5-7-11)12-8-9-15(2)10-12/h3-7,12H,8-10H2,1-2H3,(H,14,17). The van der Waals surface area contributed by atoms with Gasteiger partial charge in [-0.2, -0.15) is 0 Å². The maximum atomic E-state index is 12.0. The van der Waals surface area contributed by atoms with Crippen LogP contribution in [0.3, 0.4) is 0 Å². The van der Waals surface area contributed by atoms with E-state index in [9.17, 15) is 4.79 Å². The molecular weight excluding hydrogens is 214 g/mol.